The minimum Gasteiger partial charge on any atom is -0.340 e. The summed E-state index contributed by atoms with van der Waals surface area (Å²) in [5.41, 5.74) is 5.67. The standard InChI is InChI=1S/C28H30N4O2S/c1-5-18(2)25(30-26(33)21-12-8-6-9-13-21)27(34)31-28-29-24(17-35-28)23-16-19(3)32(20(23)4)22-14-10-7-11-15-22/h6-18,25H,5H2,1-4H3,(H,30,33)(H,29,31,34)/t18-,25+/m0/s1. The topological polar surface area (TPSA) is 76.0 Å². The molecule has 0 saturated carbocycles. The van der Waals surface area contributed by atoms with Crippen molar-refractivity contribution in [1.82, 2.24) is 14.9 Å². The molecule has 0 unspecified atom stereocenters. The van der Waals surface area contributed by atoms with Crippen molar-refractivity contribution in [1.29, 1.82) is 0 Å². The highest BCUT2D eigenvalue weighted by atomic mass is 32.1. The number of rotatable bonds is 8. The number of amides is 2. The molecule has 0 aliphatic heterocycles. The van der Waals surface area contributed by atoms with E-state index in [1.54, 1.807) is 24.3 Å². The van der Waals surface area contributed by atoms with Crippen molar-refractivity contribution in [2.75, 3.05) is 5.32 Å². The van der Waals surface area contributed by atoms with E-state index in [0.717, 1.165) is 34.8 Å². The third-order valence-electron chi connectivity index (χ3n) is 6.27. The molecule has 0 aliphatic rings. The molecule has 0 radical (unpaired) electrons. The summed E-state index contributed by atoms with van der Waals surface area (Å²) in [6, 6.07) is 20.6. The molecular formula is C28H30N4O2S. The second-order valence-electron chi connectivity index (χ2n) is 8.69. The van der Waals surface area contributed by atoms with Gasteiger partial charge in [0.25, 0.3) is 5.91 Å². The molecule has 2 heterocycles. The van der Waals surface area contributed by atoms with Crippen molar-refractivity contribution < 1.29 is 9.59 Å². The summed E-state index contributed by atoms with van der Waals surface area (Å²) in [6.07, 6.45) is 0.752. The SMILES string of the molecule is CC[C@H](C)[C@@H](NC(=O)c1ccccc1)C(=O)Nc1nc(-c2cc(C)n(-c3ccccc3)c2C)cs1. The van der Waals surface area contributed by atoms with Crippen molar-refractivity contribution in [3.8, 4) is 16.9 Å². The van der Waals surface area contributed by atoms with Crippen LogP contribution in [0, 0.1) is 19.8 Å². The minimum absolute atomic E-state index is 0.0353. The average Bonchev–Trinajstić information content (AvgIpc) is 3.45. The lowest BCUT2D eigenvalue weighted by molar-refractivity contribution is -0.119. The van der Waals surface area contributed by atoms with Gasteiger partial charge in [0.05, 0.1) is 5.69 Å². The smallest absolute Gasteiger partial charge is 0.251 e. The van der Waals surface area contributed by atoms with Crippen LogP contribution in [0.5, 0.6) is 0 Å². The molecule has 7 heteroatoms. The fraction of sp³-hybridized carbons (Fsp3) is 0.250. The number of nitrogens with one attached hydrogen (secondary N) is 2. The van der Waals surface area contributed by atoms with Gasteiger partial charge < -0.3 is 15.2 Å². The molecule has 0 saturated heterocycles. The number of hydrogen-bond acceptors (Lipinski definition) is 4. The molecule has 2 atom stereocenters. The van der Waals surface area contributed by atoms with Crippen LogP contribution in [0.1, 0.15) is 42.0 Å². The Bertz CT molecular complexity index is 1310. The highest BCUT2D eigenvalue weighted by molar-refractivity contribution is 7.14. The Labute approximate surface area is 210 Å². The van der Waals surface area contributed by atoms with Crippen LogP contribution in [0.3, 0.4) is 0 Å². The summed E-state index contributed by atoms with van der Waals surface area (Å²) in [6.45, 7) is 8.11. The van der Waals surface area contributed by atoms with E-state index in [1.807, 2.05) is 43.5 Å². The van der Waals surface area contributed by atoms with E-state index in [-0.39, 0.29) is 17.7 Å². The van der Waals surface area contributed by atoms with E-state index in [9.17, 15) is 9.59 Å². The highest BCUT2D eigenvalue weighted by Crippen LogP contribution is 2.31. The Balaban J connectivity index is 1.52. The van der Waals surface area contributed by atoms with Crippen molar-refractivity contribution in [2.45, 2.75) is 40.2 Å². The molecule has 0 aliphatic carbocycles. The first-order valence-electron chi connectivity index (χ1n) is 11.8. The quantitative estimate of drug-likeness (QED) is 0.321. The van der Waals surface area contributed by atoms with Gasteiger partial charge in [-0.3, -0.25) is 9.59 Å². The van der Waals surface area contributed by atoms with Gasteiger partial charge in [-0.2, -0.15) is 0 Å². The average molecular weight is 487 g/mol. The molecule has 2 N–H and O–H groups in total. The largest absolute Gasteiger partial charge is 0.340 e. The summed E-state index contributed by atoms with van der Waals surface area (Å²) in [5, 5.41) is 8.29. The van der Waals surface area contributed by atoms with Gasteiger partial charge in [-0.25, -0.2) is 4.98 Å². The first-order valence-corrected chi connectivity index (χ1v) is 12.6. The molecule has 4 rings (SSSR count). The molecule has 4 aromatic rings. The van der Waals surface area contributed by atoms with Gasteiger partial charge in [-0.1, -0.05) is 56.7 Å². The Morgan fingerprint density at radius 1 is 1.03 bits per heavy atom. The van der Waals surface area contributed by atoms with Gasteiger partial charge in [-0.15, -0.1) is 11.3 Å². The summed E-state index contributed by atoms with van der Waals surface area (Å²) >= 11 is 1.38. The van der Waals surface area contributed by atoms with Crippen LogP contribution in [-0.4, -0.2) is 27.4 Å². The van der Waals surface area contributed by atoms with E-state index in [0.29, 0.717) is 10.7 Å². The van der Waals surface area contributed by atoms with E-state index < -0.39 is 6.04 Å². The van der Waals surface area contributed by atoms with Crippen molar-refractivity contribution in [3.05, 3.63) is 89.1 Å². The molecule has 180 valence electrons. The van der Waals surface area contributed by atoms with Gasteiger partial charge in [0.2, 0.25) is 5.91 Å². The zero-order valence-corrected chi connectivity index (χ0v) is 21.2. The van der Waals surface area contributed by atoms with Crippen LogP contribution >= 0.6 is 11.3 Å². The lowest BCUT2D eigenvalue weighted by Gasteiger charge is -2.23. The number of hydrogen-bond donors (Lipinski definition) is 2. The number of para-hydroxylation sites is 1. The summed E-state index contributed by atoms with van der Waals surface area (Å²) in [4.78, 5) is 30.6. The summed E-state index contributed by atoms with van der Waals surface area (Å²) in [5.74, 6) is -0.564. The van der Waals surface area contributed by atoms with Crippen molar-refractivity contribution in [3.63, 3.8) is 0 Å². The number of carbonyl (C=O) groups excluding carboxylic acids is 2. The third kappa shape index (κ3) is 5.35. The molecule has 6 nitrogen and oxygen atoms in total. The van der Waals surface area contributed by atoms with Crippen LogP contribution < -0.4 is 10.6 Å². The summed E-state index contributed by atoms with van der Waals surface area (Å²) in [7, 11) is 0. The number of carbonyl (C=O) groups is 2. The first kappa shape index (κ1) is 24.4. The predicted molar refractivity (Wildman–Crippen MR) is 142 cm³/mol. The van der Waals surface area contributed by atoms with Crippen LogP contribution in [0.25, 0.3) is 16.9 Å². The maximum Gasteiger partial charge on any atom is 0.251 e. The van der Waals surface area contributed by atoms with Crippen molar-refractivity contribution >= 4 is 28.3 Å². The van der Waals surface area contributed by atoms with Crippen LogP contribution in [-0.2, 0) is 4.79 Å². The zero-order valence-electron chi connectivity index (χ0n) is 20.4. The number of benzene rings is 2. The molecule has 0 spiro atoms. The monoisotopic (exact) mass is 486 g/mol. The fourth-order valence-corrected chi connectivity index (χ4v) is 4.86. The van der Waals surface area contributed by atoms with Gasteiger partial charge in [0.1, 0.15) is 6.04 Å². The fourth-order valence-electron chi connectivity index (χ4n) is 4.15. The number of thiazole rings is 1. The molecule has 35 heavy (non-hydrogen) atoms. The lowest BCUT2D eigenvalue weighted by Crippen LogP contribution is -2.47. The second-order valence-corrected chi connectivity index (χ2v) is 9.54. The van der Waals surface area contributed by atoms with E-state index in [1.165, 1.54) is 11.3 Å². The van der Waals surface area contributed by atoms with E-state index in [2.05, 4.69) is 47.2 Å². The second kappa shape index (κ2) is 10.7. The normalized spacial score (nSPS) is 12.7. The van der Waals surface area contributed by atoms with Crippen molar-refractivity contribution in [2.24, 2.45) is 5.92 Å². The van der Waals surface area contributed by atoms with Crippen LogP contribution in [0.2, 0.25) is 0 Å². The molecule has 2 aromatic heterocycles. The Morgan fingerprint density at radius 3 is 2.34 bits per heavy atom. The van der Waals surface area contributed by atoms with E-state index in [4.69, 9.17) is 4.98 Å². The molecular weight excluding hydrogens is 456 g/mol. The maximum atomic E-state index is 13.2. The predicted octanol–water partition coefficient (Wildman–Crippen LogP) is 6.00. The number of anilines is 1. The molecule has 0 bridgehead atoms. The Morgan fingerprint density at radius 2 is 1.69 bits per heavy atom. The van der Waals surface area contributed by atoms with Gasteiger partial charge in [0, 0.05) is 33.6 Å². The van der Waals surface area contributed by atoms with Gasteiger partial charge in [0.15, 0.2) is 5.13 Å². The van der Waals surface area contributed by atoms with Crippen LogP contribution in [0.15, 0.2) is 72.1 Å². The Hall–Kier alpha value is -3.71. The van der Waals surface area contributed by atoms with Gasteiger partial charge >= 0.3 is 0 Å². The number of nitrogens with zero attached hydrogens (tertiary/aromatic N) is 2. The molecule has 2 amide bonds. The molecule has 2 aromatic carbocycles. The van der Waals surface area contributed by atoms with Gasteiger partial charge in [-0.05, 0) is 50.1 Å². The highest BCUT2D eigenvalue weighted by Gasteiger charge is 2.27. The maximum absolute atomic E-state index is 13.2. The van der Waals surface area contributed by atoms with Crippen LogP contribution in [0.4, 0.5) is 5.13 Å². The third-order valence-corrected chi connectivity index (χ3v) is 7.03. The number of aromatic nitrogens is 2. The molecule has 0 fully saturated rings. The summed E-state index contributed by atoms with van der Waals surface area (Å²) < 4.78 is 2.20. The Kier molecular flexibility index (Phi) is 7.46. The lowest BCUT2D eigenvalue weighted by atomic mass is 9.98. The first-order chi connectivity index (χ1) is 16.9. The minimum atomic E-state index is -0.664. The number of aryl methyl sites for hydroxylation is 1. The van der Waals surface area contributed by atoms with E-state index >= 15 is 0 Å². The zero-order chi connectivity index (χ0) is 24.9.